The quantitative estimate of drug-likeness (QED) is 0.837. The van der Waals surface area contributed by atoms with E-state index in [9.17, 15) is 4.79 Å². The first-order valence-electron chi connectivity index (χ1n) is 5.09. The van der Waals surface area contributed by atoms with Gasteiger partial charge < -0.3 is 5.32 Å². The van der Waals surface area contributed by atoms with Gasteiger partial charge in [0.2, 0.25) is 0 Å². The molecule has 0 saturated carbocycles. The largest absolute Gasteiger partial charge is 0.349 e. The van der Waals surface area contributed by atoms with Crippen LogP contribution in [0.3, 0.4) is 0 Å². The van der Waals surface area contributed by atoms with Gasteiger partial charge in [0.1, 0.15) is 0 Å². The molecule has 0 radical (unpaired) electrons. The fourth-order valence-electron chi connectivity index (χ4n) is 1.42. The number of amides is 1. The Morgan fingerprint density at radius 1 is 1.60 bits per heavy atom. The summed E-state index contributed by atoms with van der Waals surface area (Å²) in [6.07, 6.45) is 0.977. The number of halogens is 1. The molecule has 0 aliphatic heterocycles. The number of nitrogens with one attached hydrogen (secondary N) is 1. The molecule has 2 nitrogen and oxygen atoms in total. The van der Waals surface area contributed by atoms with E-state index in [4.69, 9.17) is 0 Å². The second-order valence-corrected chi connectivity index (χ2v) is 6.68. The highest BCUT2D eigenvalue weighted by atomic mass is 127. The summed E-state index contributed by atoms with van der Waals surface area (Å²) < 4.78 is 1.15. The fraction of sp³-hybridized carbons (Fsp3) is 0.545. The average molecular weight is 337 g/mol. The zero-order chi connectivity index (χ0) is 11.4. The first-order chi connectivity index (χ1) is 7.04. The molecule has 1 N–H and O–H groups in total. The number of hydrogen-bond acceptors (Lipinski definition) is 2. The van der Waals surface area contributed by atoms with E-state index in [2.05, 4.69) is 48.7 Å². The van der Waals surface area contributed by atoms with Crippen molar-refractivity contribution >= 4 is 39.8 Å². The molecule has 0 saturated heterocycles. The standard InChI is InChI=1S/C11H16INOS/c1-4-9(7(2)3)13-11(14)8-5-10(12)15-6-8/h5-7,9H,4H2,1-3H3,(H,13,14). The van der Waals surface area contributed by atoms with E-state index in [-0.39, 0.29) is 11.9 Å². The number of thiophene rings is 1. The first-order valence-corrected chi connectivity index (χ1v) is 7.05. The molecule has 0 bridgehead atoms. The highest BCUT2D eigenvalue weighted by molar-refractivity contribution is 14.1. The second kappa shape index (κ2) is 5.84. The molecule has 1 aromatic heterocycles. The summed E-state index contributed by atoms with van der Waals surface area (Å²) in [5, 5.41) is 4.97. The van der Waals surface area contributed by atoms with Crippen molar-refractivity contribution in [2.24, 2.45) is 5.92 Å². The lowest BCUT2D eigenvalue weighted by molar-refractivity contribution is 0.0925. The van der Waals surface area contributed by atoms with Gasteiger partial charge >= 0.3 is 0 Å². The highest BCUT2D eigenvalue weighted by Gasteiger charge is 2.15. The van der Waals surface area contributed by atoms with E-state index < -0.39 is 0 Å². The predicted molar refractivity (Wildman–Crippen MR) is 73.4 cm³/mol. The summed E-state index contributed by atoms with van der Waals surface area (Å²) in [6, 6.07) is 2.20. The minimum absolute atomic E-state index is 0.0507. The molecular formula is C11H16INOS. The highest BCUT2D eigenvalue weighted by Crippen LogP contribution is 2.17. The first kappa shape index (κ1) is 13.0. The van der Waals surface area contributed by atoms with Crippen molar-refractivity contribution in [3.8, 4) is 0 Å². The van der Waals surface area contributed by atoms with Gasteiger partial charge in [0, 0.05) is 11.4 Å². The minimum atomic E-state index is 0.0507. The Labute approximate surface area is 109 Å². The zero-order valence-corrected chi connectivity index (χ0v) is 12.2. The van der Waals surface area contributed by atoms with E-state index in [0.29, 0.717) is 5.92 Å². The Morgan fingerprint density at radius 2 is 2.27 bits per heavy atom. The Bertz CT molecular complexity index is 335. The summed E-state index contributed by atoms with van der Waals surface area (Å²) in [5.74, 6) is 0.534. The summed E-state index contributed by atoms with van der Waals surface area (Å²) in [6.45, 7) is 6.36. The molecule has 1 amide bonds. The van der Waals surface area contributed by atoms with E-state index in [1.807, 2.05) is 11.4 Å². The Balaban J connectivity index is 2.62. The molecule has 4 heteroatoms. The monoisotopic (exact) mass is 337 g/mol. The van der Waals surface area contributed by atoms with Gasteiger partial charge in [-0.15, -0.1) is 11.3 Å². The van der Waals surface area contributed by atoms with Crippen LogP contribution in [0.25, 0.3) is 0 Å². The van der Waals surface area contributed by atoms with Gasteiger partial charge in [-0.05, 0) is 41.0 Å². The predicted octanol–water partition coefficient (Wildman–Crippen LogP) is 3.52. The van der Waals surface area contributed by atoms with Crippen LogP contribution < -0.4 is 5.32 Å². The van der Waals surface area contributed by atoms with Gasteiger partial charge in [-0.3, -0.25) is 4.79 Å². The topological polar surface area (TPSA) is 29.1 Å². The number of carbonyl (C=O) groups excluding carboxylic acids is 1. The van der Waals surface area contributed by atoms with Crippen molar-refractivity contribution in [2.45, 2.75) is 33.2 Å². The van der Waals surface area contributed by atoms with Crippen molar-refractivity contribution in [1.82, 2.24) is 5.32 Å². The van der Waals surface area contributed by atoms with Gasteiger partial charge in [-0.1, -0.05) is 20.8 Å². The second-order valence-electron chi connectivity index (χ2n) is 3.87. The molecule has 1 heterocycles. The molecule has 1 unspecified atom stereocenters. The number of carbonyl (C=O) groups is 1. The van der Waals surface area contributed by atoms with Crippen molar-refractivity contribution in [2.75, 3.05) is 0 Å². The third-order valence-electron chi connectivity index (χ3n) is 2.39. The Kier molecular flexibility index (Phi) is 5.05. The van der Waals surface area contributed by atoms with Crippen molar-refractivity contribution in [3.63, 3.8) is 0 Å². The molecule has 0 spiro atoms. The van der Waals surface area contributed by atoms with Crippen LogP contribution in [0, 0.1) is 8.80 Å². The van der Waals surface area contributed by atoms with Crippen LogP contribution in [0.1, 0.15) is 37.6 Å². The molecule has 0 aromatic carbocycles. The summed E-state index contributed by atoms with van der Waals surface area (Å²) >= 11 is 3.83. The Hall–Kier alpha value is -0.100. The maximum Gasteiger partial charge on any atom is 0.252 e. The van der Waals surface area contributed by atoms with E-state index in [0.717, 1.165) is 14.9 Å². The van der Waals surface area contributed by atoms with Crippen LogP contribution in [0.2, 0.25) is 0 Å². The molecule has 1 atom stereocenters. The lowest BCUT2D eigenvalue weighted by atomic mass is 10.0. The summed E-state index contributed by atoms with van der Waals surface area (Å²) in [7, 11) is 0. The van der Waals surface area contributed by atoms with Gasteiger partial charge in [0.05, 0.1) is 8.45 Å². The van der Waals surface area contributed by atoms with Crippen LogP contribution in [0.5, 0.6) is 0 Å². The summed E-state index contributed by atoms with van der Waals surface area (Å²) in [4.78, 5) is 11.8. The van der Waals surface area contributed by atoms with Gasteiger partial charge in [-0.2, -0.15) is 0 Å². The smallest absolute Gasteiger partial charge is 0.252 e. The van der Waals surface area contributed by atoms with E-state index in [1.54, 1.807) is 11.3 Å². The Morgan fingerprint density at radius 3 is 2.67 bits per heavy atom. The van der Waals surface area contributed by atoms with E-state index in [1.165, 1.54) is 0 Å². The number of rotatable bonds is 4. The van der Waals surface area contributed by atoms with Crippen molar-refractivity contribution < 1.29 is 4.79 Å². The lowest BCUT2D eigenvalue weighted by Crippen LogP contribution is -2.37. The third kappa shape index (κ3) is 3.75. The van der Waals surface area contributed by atoms with Crippen molar-refractivity contribution in [3.05, 3.63) is 19.9 Å². The maximum atomic E-state index is 11.8. The zero-order valence-electron chi connectivity index (χ0n) is 9.21. The maximum absolute atomic E-state index is 11.8. The molecule has 84 valence electrons. The van der Waals surface area contributed by atoms with Crippen LogP contribution in [-0.2, 0) is 0 Å². The number of hydrogen-bond donors (Lipinski definition) is 1. The normalized spacial score (nSPS) is 12.9. The third-order valence-corrected chi connectivity index (χ3v) is 4.18. The van der Waals surface area contributed by atoms with Crippen LogP contribution >= 0.6 is 33.9 Å². The minimum Gasteiger partial charge on any atom is -0.349 e. The van der Waals surface area contributed by atoms with Gasteiger partial charge in [0.25, 0.3) is 5.91 Å². The molecule has 15 heavy (non-hydrogen) atoms. The molecule has 0 aliphatic rings. The fourth-order valence-corrected chi connectivity index (χ4v) is 2.75. The van der Waals surface area contributed by atoms with Crippen LogP contribution in [-0.4, -0.2) is 11.9 Å². The van der Waals surface area contributed by atoms with Crippen LogP contribution in [0.4, 0.5) is 0 Å². The van der Waals surface area contributed by atoms with Gasteiger partial charge in [0.15, 0.2) is 0 Å². The summed E-state index contributed by atoms with van der Waals surface area (Å²) in [5.41, 5.74) is 0.781. The molecule has 0 fully saturated rings. The van der Waals surface area contributed by atoms with E-state index >= 15 is 0 Å². The molecular weight excluding hydrogens is 321 g/mol. The molecule has 1 aromatic rings. The SMILES string of the molecule is CCC(NC(=O)c1csc(I)c1)C(C)C. The van der Waals surface area contributed by atoms with Crippen LogP contribution in [0.15, 0.2) is 11.4 Å². The molecule has 0 aliphatic carbocycles. The van der Waals surface area contributed by atoms with Gasteiger partial charge in [-0.25, -0.2) is 0 Å². The molecule has 1 rings (SSSR count). The van der Waals surface area contributed by atoms with Crippen molar-refractivity contribution in [1.29, 1.82) is 0 Å². The lowest BCUT2D eigenvalue weighted by Gasteiger charge is -2.20. The average Bonchev–Trinajstić information content (AvgIpc) is 2.60.